The standard InChI is InChI=1S/C6H9N5OS/c12-5-4(2-1-3-7-5)11-6(13)8-9-10-11/h4H,1-3H2,(H,7,12)(H,8,10,13). The molecular weight excluding hydrogens is 190 g/mol. The second kappa shape index (κ2) is 3.25. The molecule has 1 aliphatic heterocycles. The van der Waals surface area contributed by atoms with E-state index < -0.39 is 0 Å². The molecule has 1 fully saturated rings. The van der Waals surface area contributed by atoms with E-state index in [0.29, 0.717) is 4.77 Å². The number of nitrogens with zero attached hydrogens (tertiary/aromatic N) is 3. The number of aromatic amines is 1. The van der Waals surface area contributed by atoms with Gasteiger partial charge < -0.3 is 5.32 Å². The minimum Gasteiger partial charge on any atom is -0.354 e. The number of hydrogen-bond acceptors (Lipinski definition) is 4. The molecule has 1 unspecified atom stereocenters. The van der Waals surface area contributed by atoms with Crippen LogP contribution in [0.2, 0.25) is 0 Å². The van der Waals surface area contributed by atoms with Crippen molar-refractivity contribution in [3.05, 3.63) is 4.77 Å². The molecule has 2 rings (SSSR count). The molecule has 1 atom stereocenters. The van der Waals surface area contributed by atoms with Gasteiger partial charge in [-0.1, -0.05) is 10.3 Å². The van der Waals surface area contributed by atoms with Crippen LogP contribution in [0.15, 0.2) is 0 Å². The number of rotatable bonds is 1. The summed E-state index contributed by atoms with van der Waals surface area (Å²) in [6.07, 6.45) is 1.74. The first-order chi connectivity index (χ1) is 6.29. The van der Waals surface area contributed by atoms with Crippen molar-refractivity contribution in [2.24, 2.45) is 0 Å². The fourth-order valence-corrected chi connectivity index (χ4v) is 1.62. The van der Waals surface area contributed by atoms with Crippen LogP contribution < -0.4 is 5.32 Å². The first-order valence-corrected chi connectivity index (χ1v) is 4.47. The van der Waals surface area contributed by atoms with Crippen molar-refractivity contribution in [1.29, 1.82) is 0 Å². The third-order valence-electron chi connectivity index (χ3n) is 2.06. The Bertz CT molecular complexity index is 369. The number of tetrazole rings is 1. The van der Waals surface area contributed by atoms with E-state index in [-0.39, 0.29) is 11.9 Å². The average molecular weight is 199 g/mol. The van der Waals surface area contributed by atoms with Gasteiger partial charge in [0, 0.05) is 6.54 Å². The average Bonchev–Trinajstić information content (AvgIpc) is 2.52. The maximum Gasteiger partial charge on any atom is 0.244 e. The van der Waals surface area contributed by atoms with E-state index in [2.05, 4.69) is 20.8 Å². The van der Waals surface area contributed by atoms with Crippen molar-refractivity contribution >= 4 is 18.1 Å². The van der Waals surface area contributed by atoms with Crippen LogP contribution in [0.5, 0.6) is 0 Å². The number of H-pyrrole nitrogens is 1. The van der Waals surface area contributed by atoms with E-state index in [4.69, 9.17) is 12.2 Å². The number of aromatic nitrogens is 4. The quantitative estimate of drug-likeness (QED) is 0.613. The number of amides is 1. The minimum atomic E-state index is -0.267. The molecule has 2 heterocycles. The lowest BCUT2D eigenvalue weighted by Crippen LogP contribution is -2.38. The fourth-order valence-electron chi connectivity index (χ4n) is 1.41. The smallest absolute Gasteiger partial charge is 0.244 e. The number of nitrogens with one attached hydrogen (secondary N) is 2. The van der Waals surface area contributed by atoms with Crippen molar-refractivity contribution in [3.8, 4) is 0 Å². The lowest BCUT2D eigenvalue weighted by atomic mass is 10.1. The largest absolute Gasteiger partial charge is 0.354 e. The molecule has 6 nitrogen and oxygen atoms in total. The summed E-state index contributed by atoms with van der Waals surface area (Å²) < 4.78 is 1.84. The monoisotopic (exact) mass is 199 g/mol. The van der Waals surface area contributed by atoms with Crippen LogP contribution in [0.1, 0.15) is 18.9 Å². The Balaban J connectivity index is 2.29. The van der Waals surface area contributed by atoms with E-state index >= 15 is 0 Å². The number of piperidine rings is 1. The minimum absolute atomic E-state index is 0.0200. The van der Waals surface area contributed by atoms with Gasteiger partial charge >= 0.3 is 0 Å². The lowest BCUT2D eigenvalue weighted by Gasteiger charge is -2.21. The molecule has 70 valence electrons. The molecule has 0 aliphatic carbocycles. The van der Waals surface area contributed by atoms with Crippen molar-refractivity contribution in [2.45, 2.75) is 18.9 Å². The summed E-state index contributed by atoms with van der Waals surface area (Å²) in [5.41, 5.74) is 0. The maximum atomic E-state index is 11.4. The van der Waals surface area contributed by atoms with Gasteiger partial charge in [-0.2, -0.15) is 5.21 Å². The first-order valence-electron chi connectivity index (χ1n) is 4.06. The summed E-state index contributed by atoms with van der Waals surface area (Å²) in [6.45, 7) is 0.740. The number of carbonyl (C=O) groups excluding carboxylic acids is 1. The van der Waals surface area contributed by atoms with Gasteiger partial charge in [-0.3, -0.25) is 4.79 Å². The molecule has 1 amide bonds. The van der Waals surface area contributed by atoms with Crippen molar-refractivity contribution in [1.82, 2.24) is 25.5 Å². The molecule has 1 saturated heterocycles. The van der Waals surface area contributed by atoms with Crippen LogP contribution in [0.25, 0.3) is 0 Å². The van der Waals surface area contributed by atoms with Gasteiger partial charge in [0.05, 0.1) is 0 Å². The molecule has 0 aromatic carbocycles. The summed E-state index contributed by atoms with van der Waals surface area (Å²) in [4.78, 5) is 11.4. The zero-order valence-corrected chi connectivity index (χ0v) is 7.67. The van der Waals surface area contributed by atoms with Gasteiger partial charge in [-0.15, -0.1) is 0 Å². The van der Waals surface area contributed by atoms with Gasteiger partial charge in [0.25, 0.3) is 0 Å². The summed E-state index contributed by atoms with van der Waals surface area (Å²) >= 11 is 4.90. The molecule has 0 saturated carbocycles. The molecule has 0 bridgehead atoms. The molecule has 2 N–H and O–H groups in total. The Morgan fingerprint density at radius 2 is 2.46 bits per heavy atom. The SMILES string of the molecule is O=C1NCCCC1n1[nH]nnc1=S. The Morgan fingerprint density at radius 1 is 1.62 bits per heavy atom. The van der Waals surface area contributed by atoms with Gasteiger partial charge in [0.15, 0.2) is 0 Å². The van der Waals surface area contributed by atoms with Crippen LogP contribution in [-0.2, 0) is 4.79 Å². The normalized spacial score (nSPS) is 22.8. The molecule has 1 aromatic heterocycles. The number of hydrogen-bond donors (Lipinski definition) is 2. The van der Waals surface area contributed by atoms with Gasteiger partial charge in [0.1, 0.15) is 6.04 Å². The first kappa shape index (κ1) is 8.36. The van der Waals surface area contributed by atoms with Crippen molar-refractivity contribution in [3.63, 3.8) is 0 Å². The molecule has 7 heteroatoms. The molecule has 0 spiro atoms. The van der Waals surface area contributed by atoms with Gasteiger partial charge in [0.2, 0.25) is 10.7 Å². The van der Waals surface area contributed by atoms with Crippen LogP contribution >= 0.6 is 12.2 Å². The third-order valence-corrected chi connectivity index (χ3v) is 2.34. The third kappa shape index (κ3) is 1.46. The van der Waals surface area contributed by atoms with Crippen molar-refractivity contribution < 1.29 is 4.79 Å². The van der Waals surface area contributed by atoms with E-state index in [9.17, 15) is 4.79 Å². The predicted octanol–water partition coefficient (Wildman–Crippen LogP) is -0.213. The Hall–Kier alpha value is -1.24. The summed E-state index contributed by atoms with van der Waals surface area (Å²) in [7, 11) is 0. The number of carbonyl (C=O) groups is 1. The summed E-state index contributed by atoms with van der Waals surface area (Å²) in [6, 6.07) is -0.267. The zero-order chi connectivity index (χ0) is 9.26. The second-order valence-electron chi connectivity index (χ2n) is 2.90. The van der Waals surface area contributed by atoms with Gasteiger partial charge in [-0.25, -0.2) is 4.68 Å². The van der Waals surface area contributed by atoms with E-state index in [1.807, 2.05) is 0 Å². The fraction of sp³-hybridized carbons (Fsp3) is 0.667. The van der Waals surface area contributed by atoms with Crippen molar-refractivity contribution in [2.75, 3.05) is 6.54 Å². The van der Waals surface area contributed by atoms with Crippen LogP contribution in [0.3, 0.4) is 0 Å². The van der Waals surface area contributed by atoms with Crippen LogP contribution in [0.4, 0.5) is 0 Å². The molecule has 0 radical (unpaired) electrons. The van der Waals surface area contributed by atoms with Crippen LogP contribution in [0, 0.1) is 4.77 Å². The van der Waals surface area contributed by atoms with E-state index in [1.165, 1.54) is 4.68 Å². The molecule has 1 aliphatic rings. The molecular formula is C6H9N5OS. The zero-order valence-electron chi connectivity index (χ0n) is 6.86. The van der Waals surface area contributed by atoms with Crippen LogP contribution in [-0.4, -0.2) is 32.7 Å². The highest BCUT2D eigenvalue weighted by Gasteiger charge is 2.24. The topological polar surface area (TPSA) is 75.6 Å². The predicted molar refractivity (Wildman–Crippen MR) is 46.5 cm³/mol. The summed E-state index contributed by atoms with van der Waals surface area (Å²) in [5, 5.41) is 12.5. The highest BCUT2D eigenvalue weighted by Crippen LogP contribution is 2.15. The molecule has 1 aromatic rings. The maximum absolute atomic E-state index is 11.4. The lowest BCUT2D eigenvalue weighted by molar-refractivity contribution is -0.126. The Labute approximate surface area is 79.3 Å². The molecule has 13 heavy (non-hydrogen) atoms. The Morgan fingerprint density at radius 3 is 3.08 bits per heavy atom. The second-order valence-corrected chi connectivity index (χ2v) is 3.27. The highest BCUT2D eigenvalue weighted by molar-refractivity contribution is 7.71. The van der Waals surface area contributed by atoms with E-state index in [1.54, 1.807) is 0 Å². The Kier molecular flexibility index (Phi) is 2.09. The van der Waals surface area contributed by atoms with E-state index in [0.717, 1.165) is 19.4 Å². The highest BCUT2D eigenvalue weighted by atomic mass is 32.1. The van der Waals surface area contributed by atoms with Gasteiger partial charge in [-0.05, 0) is 25.1 Å². The summed E-state index contributed by atoms with van der Waals surface area (Å²) in [5.74, 6) is -0.0200.